The third-order valence-corrected chi connectivity index (χ3v) is 3.59. The van der Waals surface area contributed by atoms with E-state index in [2.05, 4.69) is 10.1 Å². The minimum absolute atomic E-state index is 0.00981. The molecule has 1 aromatic carbocycles. The average Bonchev–Trinajstić information content (AvgIpc) is 2.48. The summed E-state index contributed by atoms with van der Waals surface area (Å²) in [6.45, 7) is 2.47. The Balaban J connectivity index is 3.08. The zero-order chi connectivity index (χ0) is 16.9. The Hall–Kier alpha value is -2.11. The summed E-state index contributed by atoms with van der Waals surface area (Å²) in [6.07, 6.45) is 1.58. The second kappa shape index (κ2) is 7.24. The first-order valence-electron chi connectivity index (χ1n) is 6.27. The van der Waals surface area contributed by atoms with E-state index < -0.39 is 23.3 Å². The molecule has 6 nitrogen and oxygen atoms in total. The molecule has 1 unspecified atom stereocenters. The van der Waals surface area contributed by atoms with E-state index in [9.17, 15) is 19.1 Å². The predicted octanol–water partition coefficient (Wildman–Crippen LogP) is 1.67. The Bertz CT molecular complexity index is 640. The SMILES string of the molecule is CCOC(=O)C(C)(O)C(=O)Nc1ccc(C#N)c(SC)c1F. The standard InChI is InChI=1S/C14H15FN2O4S/c1-4-21-13(19)14(2,20)12(18)17-9-6-5-8(7-16)11(22-3)10(9)15/h5-6,20H,4H2,1-3H3,(H,17,18). The minimum atomic E-state index is -2.45. The number of carbonyl (C=O) groups is 2. The summed E-state index contributed by atoms with van der Waals surface area (Å²) in [5, 5.41) is 20.9. The molecule has 1 amide bonds. The van der Waals surface area contributed by atoms with E-state index in [1.165, 1.54) is 19.1 Å². The van der Waals surface area contributed by atoms with Crippen molar-refractivity contribution in [1.29, 1.82) is 5.26 Å². The van der Waals surface area contributed by atoms with Crippen LogP contribution in [0.25, 0.3) is 0 Å². The summed E-state index contributed by atoms with van der Waals surface area (Å²) >= 11 is 1.01. The number of halogens is 1. The fourth-order valence-corrected chi connectivity index (χ4v) is 2.17. The molecule has 0 saturated heterocycles. The number of esters is 1. The lowest BCUT2D eigenvalue weighted by atomic mass is 10.1. The van der Waals surface area contributed by atoms with Gasteiger partial charge >= 0.3 is 5.97 Å². The lowest BCUT2D eigenvalue weighted by Gasteiger charge is -2.20. The fraction of sp³-hybridized carbons (Fsp3) is 0.357. The molecule has 118 valence electrons. The quantitative estimate of drug-likeness (QED) is 0.485. The largest absolute Gasteiger partial charge is 0.463 e. The first-order chi connectivity index (χ1) is 10.3. The van der Waals surface area contributed by atoms with Crippen LogP contribution in [0.3, 0.4) is 0 Å². The number of ether oxygens (including phenoxy) is 1. The number of anilines is 1. The molecule has 0 heterocycles. The van der Waals surface area contributed by atoms with Crippen molar-refractivity contribution in [1.82, 2.24) is 0 Å². The van der Waals surface area contributed by atoms with Crippen LogP contribution < -0.4 is 5.32 Å². The smallest absolute Gasteiger partial charge is 0.347 e. The van der Waals surface area contributed by atoms with E-state index in [0.717, 1.165) is 18.7 Å². The van der Waals surface area contributed by atoms with Crippen molar-refractivity contribution in [2.24, 2.45) is 0 Å². The molecule has 1 aromatic rings. The van der Waals surface area contributed by atoms with Gasteiger partial charge in [0.25, 0.3) is 5.91 Å². The lowest BCUT2D eigenvalue weighted by Crippen LogP contribution is -2.48. The number of thioether (sulfide) groups is 1. The summed E-state index contributed by atoms with van der Waals surface area (Å²) in [5.74, 6) is -3.06. The van der Waals surface area contributed by atoms with Gasteiger partial charge in [-0.1, -0.05) is 0 Å². The van der Waals surface area contributed by atoms with E-state index in [1.54, 1.807) is 6.26 Å². The summed E-state index contributed by atoms with van der Waals surface area (Å²) < 4.78 is 18.8. The molecule has 0 aromatic heterocycles. The van der Waals surface area contributed by atoms with Crippen LogP contribution in [0.15, 0.2) is 17.0 Å². The molecule has 0 aliphatic heterocycles. The zero-order valence-corrected chi connectivity index (χ0v) is 13.1. The third kappa shape index (κ3) is 3.55. The predicted molar refractivity (Wildman–Crippen MR) is 78.8 cm³/mol. The van der Waals surface area contributed by atoms with Crippen LogP contribution in [0.4, 0.5) is 10.1 Å². The molecule has 8 heteroatoms. The van der Waals surface area contributed by atoms with E-state index in [0.29, 0.717) is 0 Å². The number of hydrogen-bond donors (Lipinski definition) is 2. The Kier molecular flexibility index (Phi) is 5.91. The second-order valence-electron chi connectivity index (χ2n) is 4.37. The Morgan fingerprint density at radius 2 is 2.18 bits per heavy atom. The van der Waals surface area contributed by atoms with Crippen molar-refractivity contribution in [3.8, 4) is 6.07 Å². The van der Waals surface area contributed by atoms with Crippen LogP contribution in [0.2, 0.25) is 0 Å². The zero-order valence-electron chi connectivity index (χ0n) is 12.3. The van der Waals surface area contributed by atoms with Gasteiger partial charge < -0.3 is 15.2 Å². The summed E-state index contributed by atoms with van der Waals surface area (Å²) in [4.78, 5) is 23.6. The topological polar surface area (TPSA) is 99.4 Å². The first-order valence-corrected chi connectivity index (χ1v) is 7.49. The number of carbonyl (C=O) groups excluding carboxylic acids is 2. The Morgan fingerprint density at radius 1 is 1.55 bits per heavy atom. The maximum absolute atomic E-state index is 14.2. The van der Waals surface area contributed by atoms with Crippen LogP contribution in [-0.2, 0) is 14.3 Å². The third-order valence-electron chi connectivity index (χ3n) is 2.78. The second-order valence-corrected chi connectivity index (χ2v) is 5.18. The molecule has 0 bridgehead atoms. The van der Waals surface area contributed by atoms with E-state index >= 15 is 0 Å². The van der Waals surface area contributed by atoms with Gasteiger partial charge in [0.1, 0.15) is 6.07 Å². The van der Waals surface area contributed by atoms with Crippen LogP contribution in [-0.4, -0.2) is 35.4 Å². The van der Waals surface area contributed by atoms with Crippen LogP contribution in [0.1, 0.15) is 19.4 Å². The number of nitrogens with one attached hydrogen (secondary N) is 1. The van der Waals surface area contributed by atoms with Crippen LogP contribution in [0.5, 0.6) is 0 Å². The molecular formula is C14H15FN2O4S. The van der Waals surface area contributed by atoms with Gasteiger partial charge in [0.15, 0.2) is 5.82 Å². The summed E-state index contributed by atoms with van der Waals surface area (Å²) in [5.41, 5.74) is -2.56. The molecule has 0 spiro atoms. The van der Waals surface area contributed by atoms with E-state index in [4.69, 9.17) is 5.26 Å². The molecule has 0 aliphatic carbocycles. The highest BCUT2D eigenvalue weighted by atomic mass is 32.2. The van der Waals surface area contributed by atoms with Crippen LogP contribution in [0, 0.1) is 17.1 Å². The van der Waals surface area contributed by atoms with Gasteiger partial charge in [-0.05, 0) is 32.2 Å². The molecule has 1 atom stereocenters. The number of hydrogen-bond acceptors (Lipinski definition) is 6. The summed E-state index contributed by atoms with van der Waals surface area (Å²) in [6, 6.07) is 4.36. The van der Waals surface area contributed by atoms with Crippen molar-refractivity contribution < 1.29 is 23.8 Å². The maximum atomic E-state index is 14.2. The van der Waals surface area contributed by atoms with Crippen LogP contribution >= 0.6 is 11.8 Å². The number of amides is 1. The molecular weight excluding hydrogens is 311 g/mol. The number of aliphatic hydroxyl groups is 1. The highest BCUT2D eigenvalue weighted by Gasteiger charge is 2.41. The minimum Gasteiger partial charge on any atom is -0.463 e. The van der Waals surface area contributed by atoms with Crippen molar-refractivity contribution in [3.63, 3.8) is 0 Å². The van der Waals surface area contributed by atoms with Gasteiger partial charge in [0, 0.05) is 0 Å². The van der Waals surface area contributed by atoms with E-state index in [1.807, 2.05) is 6.07 Å². The number of rotatable bonds is 5. The van der Waals surface area contributed by atoms with Gasteiger partial charge in [-0.2, -0.15) is 5.26 Å². The highest BCUT2D eigenvalue weighted by Crippen LogP contribution is 2.29. The Labute approximate surface area is 131 Å². The van der Waals surface area contributed by atoms with Crippen molar-refractivity contribution in [2.75, 3.05) is 18.2 Å². The fourth-order valence-electron chi connectivity index (χ4n) is 1.55. The van der Waals surface area contributed by atoms with Gasteiger partial charge in [-0.15, -0.1) is 11.8 Å². The van der Waals surface area contributed by atoms with E-state index in [-0.39, 0.29) is 22.8 Å². The van der Waals surface area contributed by atoms with Crippen molar-refractivity contribution >= 4 is 29.3 Å². The number of nitriles is 1. The molecule has 0 fully saturated rings. The molecule has 2 N–H and O–H groups in total. The van der Waals surface area contributed by atoms with Crippen molar-refractivity contribution in [3.05, 3.63) is 23.5 Å². The highest BCUT2D eigenvalue weighted by molar-refractivity contribution is 7.98. The van der Waals surface area contributed by atoms with Gasteiger partial charge in [0.2, 0.25) is 5.60 Å². The first kappa shape index (κ1) is 17.9. The number of benzene rings is 1. The Morgan fingerprint density at radius 3 is 2.68 bits per heavy atom. The normalized spacial score (nSPS) is 12.9. The van der Waals surface area contributed by atoms with Crippen molar-refractivity contribution in [2.45, 2.75) is 24.3 Å². The van der Waals surface area contributed by atoms with Gasteiger partial charge in [-0.3, -0.25) is 4.79 Å². The average molecular weight is 326 g/mol. The molecule has 22 heavy (non-hydrogen) atoms. The maximum Gasteiger partial charge on any atom is 0.347 e. The number of nitrogens with zero attached hydrogens (tertiary/aromatic N) is 1. The monoisotopic (exact) mass is 326 g/mol. The van der Waals surface area contributed by atoms with Gasteiger partial charge in [-0.25, -0.2) is 9.18 Å². The summed E-state index contributed by atoms with van der Waals surface area (Å²) in [7, 11) is 0. The molecule has 0 saturated carbocycles. The lowest BCUT2D eigenvalue weighted by molar-refractivity contribution is -0.167. The molecule has 1 rings (SSSR count). The molecule has 0 radical (unpaired) electrons. The molecule has 0 aliphatic rings. The van der Waals surface area contributed by atoms with Gasteiger partial charge in [0.05, 0.1) is 22.8 Å².